The van der Waals surface area contributed by atoms with E-state index in [1.54, 1.807) is 6.92 Å². The largest absolute Gasteiger partial charge is 0.482 e. The van der Waals surface area contributed by atoms with Crippen LogP contribution in [0.2, 0.25) is 0 Å². The van der Waals surface area contributed by atoms with Crippen LogP contribution in [-0.2, 0) is 11.3 Å². The molecule has 0 saturated heterocycles. The van der Waals surface area contributed by atoms with Gasteiger partial charge in [-0.15, -0.1) is 10.2 Å². The van der Waals surface area contributed by atoms with Crippen molar-refractivity contribution >= 4 is 29.0 Å². The lowest BCUT2D eigenvalue weighted by Crippen LogP contribution is -2.23. The molecule has 2 atom stereocenters. The molecule has 0 aliphatic heterocycles. The monoisotopic (exact) mass is 511 g/mol. The molecule has 0 spiro atoms. The van der Waals surface area contributed by atoms with E-state index < -0.39 is 10.2 Å². The van der Waals surface area contributed by atoms with Crippen LogP contribution < -0.4 is 10.1 Å². The van der Waals surface area contributed by atoms with E-state index in [1.807, 2.05) is 29.7 Å². The highest BCUT2D eigenvalue weighted by Crippen LogP contribution is 2.32. The number of anilines is 1. The maximum absolute atomic E-state index is 12.8. The Morgan fingerprint density at radius 1 is 1.06 bits per heavy atom. The van der Waals surface area contributed by atoms with Crippen LogP contribution in [0.4, 0.5) is 11.4 Å². The van der Waals surface area contributed by atoms with Gasteiger partial charge in [0.1, 0.15) is 5.75 Å². The number of nitrogens with one attached hydrogen (secondary N) is 1. The number of hydrogen-bond acceptors (Lipinski definition) is 7. The number of nitro benzene ring substituents is 1. The molecule has 1 aromatic heterocycles. The summed E-state index contributed by atoms with van der Waals surface area (Å²) in [6.07, 6.45) is -0.338. The summed E-state index contributed by atoms with van der Waals surface area (Å²) in [6, 6.07) is 13.7. The minimum absolute atomic E-state index is 0.0305. The number of amides is 1. The lowest BCUT2D eigenvalue weighted by Gasteiger charge is -2.20. The Kier molecular flexibility index (Phi) is 9.08. The van der Waals surface area contributed by atoms with Crippen molar-refractivity contribution in [2.24, 2.45) is 5.92 Å². The number of nitro groups is 1. The molecule has 36 heavy (non-hydrogen) atoms. The summed E-state index contributed by atoms with van der Waals surface area (Å²) in [5.41, 5.74) is 1.59. The second-order valence-corrected chi connectivity index (χ2v) is 10.7. The molecule has 192 valence electrons. The third-order valence-corrected chi connectivity index (χ3v) is 6.58. The molecular weight excluding hydrogens is 478 g/mol. The highest BCUT2D eigenvalue weighted by molar-refractivity contribution is 8.00. The highest BCUT2D eigenvalue weighted by Gasteiger charge is 2.25. The van der Waals surface area contributed by atoms with Gasteiger partial charge in [-0.2, -0.15) is 0 Å². The maximum Gasteiger partial charge on any atom is 0.269 e. The first-order valence-corrected chi connectivity index (χ1v) is 12.8. The normalized spacial score (nSPS) is 13.0. The number of benzene rings is 2. The average Bonchev–Trinajstić information content (AvgIpc) is 3.20. The number of nitrogens with zero attached hydrogens (tertiary/aromatic N) is 4. The van der Waals surface area contributed by atoms with Crippen LogP contribution >= 0.6 is 11.8 Å². The first-order valence-electron chi connectivity index (χ1n) is 12.0. The molecule has 0 fully saturated rings. The molecule has 0 saturated carbocycles. The topological polar surface area (TPSA) is 112 Å². The van der Waals surface area contributed by atoms with E-state index >= 15 is 0 Å². The quantitative estimate of drug-likeness (QED) is 0.185. The van der Waals surface area contributed by atoms with Crippen LogP contribution in [0.3, 0.4) is 0 Å². The van der Waals surface area contributed by atoms with Crippen molar-refractivity contribution in [3.8, 4) is 5.75 Å². The Labute approximate surface area is 215 Å². The van der Waals surface area contributed by atoms with Crippen LogP contribution in [0.1, 0.15) is 65.0 Å². The minimum atomic E-state index is -0.477. The van der Waals surface area contributed by atoms with Gasteiger partial charge in [0.2, 0.25) is 5.91 Å². The first kappa shape index (κ1) is 27.2. The summed E-state index contributed by atoms with van der Waals surface area (Å²) in [5, 5.41) is 22.6. The van der Waals surface area contributed by atoms with Gasteiger partial charge in [0.25, 0.3) is 5.69 Å². The van der Waals surface area contributed by atoms with Gasteiger partial charge < -0.3 is 14.6 Å². The van der Waals surface area contributed by atoms with E-state index in [1.165, 1.54) is 36.0 Å². The summed E-state index contributed by atoms with van der Waals surface area (Å²) < 4.78 is 8.35. The Morgan fingerprint density at radius 2 is 1.72 bits per heavy atom. The zero-order valence-corrected chi connectivity index (χ0v) is 22.3. The fraction of sp³-hybridized carbons (Fsp3) is 0.423. The number of ether oxygens (including phenoxy) is 1. The zero-order chi connectivity index (χ0) is 26.4. The Morgan fingerprint density at radius 3 is 2.33 bits per heavy atom. The van der Waals surface area contributed by atoms with Gasteiger partial charge in [-0.05, 0) is 49.4 Å². The number of para-hydroxylation sites is 1. The fourth-order valence-corrected chi connectivity index (χ4v) is 4.52. The summed E-state index contributed by atoms with van der Waals surface area (Å²) in [4.78, 5) is 23.2. The smallest absolute Gasteiger partial charge is 0.269 e. The predicted molar refractivity (Wildman–Crippen MR) is 141 cm³/mol. The number of non-ortho nitro benzene ring substituents is 1. The SMILES string of the molecule is CC(C)Cn1c(SC(C)C(=O)Nc2ccc([N+](=O)[O-])cc2)nnc1C(C)Oc1ccccc1C(C)C. The molecule has 2 aromatic carbocycles. The molecule has 0 aliphatic rings. The second kappa shape index (κ2) is 12.0. The second-order valence-electron chi connectivity index (χ2n) is 9.35. The Balaban J connectivity index is 1.76. The summed E-state index contributed by atoms with van der Waals surface area (Å²) in [7, 11) is 0. The number of carbonyl (C=O) groups excluding carboxylic acids is 1. The van der Waals surface area contributed by atoms with Crippen molar-refractivity contribution in [1.29, 1.82) is 0 Å². The van der Waals surface area contributed by atoms with Gasteiger partial charge in [-0.1, -0.05) is 57.7 Å². The van der Waals surface area contributed by atoms with Gasteiger partial charge in [-0.3, -0.25) is 14.9 Å². The zero-order valence-electron chi connectivity index (χ0n) is 21.5. The molecule has 3 rings (SSSR count). The number of rotatable bonds is 11. The average molecular weight is 512 g/mol. The molecule has 2 unspecified atom stereocenters. The standard InChI is InChI=1S/C26H33N5O4S/c1-16(2)15-30-24(18(5)35-23-10-8-7-9-22(23)17(3)4)28-29-26(30)36-19(6)25(32)27-20-11-13-21(14-12-20)31(33)34/h7-14,16-19H,15H2,1-6H3,(H,27,32). The van der Waals surface area contributed by atoms with Crippen molar-refractivity contribution in [2.75, 3.05) is 5.32 Å². The Bertz CT molecular complexity index is 1190. The van der Waals surface area contributed by atoms with Gasteiger partial charge in [0.15, 0.2) is 17.1 Å². The molecule has 3 aromatic rings. The van der Waals surface area contributed by atoms with Crippen molar-refractivity contribution in [3.63, 3.8) is 0 Å². The number of carbonyl (C=O) groups is 1. The molecule has 0 bridgehead atoms. The number of aromatic nitrogens is 3. The van der Waals surface area contributed by atoms with Crippen LogP contribution in [-0.4, -0.2) is 30.8 Å². The van der Waals surface area contributed by atoms with E-state index in [2.05, 4.69) is 49.3 Å². The van der Waals surface area contributed by atoms with Crippen LogP contribution in [0.25, 0.3) is 0 Å². The van der Waals surface area contributed by atoms with E-state index in [0.717, 1.165) is 11.3 Å². The third-order valence-electron chi connectivity index (χ3n) is 5.50. The summed E-state index contributed by atoms with van der Waals surface area (Å²) in [5.74, 6) is 1.95. The molecule has 0 radical (unpaired) electrons. The number of hydrogen-bond donors (Lipinski definition) is 1. The molecule has 1 amide bonds. The maximum atomic E-state index is 12.8. The van der Waals surface area contributed by atoms with E-state index in [9.17, 15) is 14.9 Å². The van der Waals surface area contributed by atoms with Crippen molar-refractivity contribution in [3.05, 3.63) is 70.0 Å². The molecule has 1 N–H and O–H groups in total. The Hall–Kier alpha value is -3.40. The van der Waals surface area contributed by atoms with Gasteiger partial charge >= 0.3 is 0 Å². The van der Waals surface area contributed by atoms with Gasteiger partial charge in [0.05, 0.1) is 10.2 Å². The van der Waals surface area contributed by atoms with Crippen molar-refractivity contribution in [2.45, 2.75) is 70.5 Å². The van der Waals surface area contributed by atoms with Crippen molar-refractivity contribution < 1.29 is 14.5 Å². The van der Waals surface area contributed by atoms with Crippen LogP contribution in [0.15, 0.2) is 53.7 Å². The third kappa shape index (κ3) is 6.84. The van der Waals surface area contributed by atoms with E-state index in [4.69, 9.17) is 4.74 Å². The minimum Gasteiger partial charge on any atom is -0.482 e. The first-order chi connectivity index (χ1) is 17.1. The van der Waals surface area contributed by atoms with Crippen LogP contribution in [0, 0.1) is 16.0 Å². The van der Waals surface area contributed by atoms with Gasteiger partial charge in [-0.25, -0.2) is 0 Å². The molecule has 1 heterocycles. The molecule has 10 heteroatoms. The molecular formula is C26H33N5O4S. The van der Waals surface area contributed by atoms with Gasteiger partial charge in [0, 0.05) is 24.4 Å². The van der Waals surface area contributed by atoms with Crippen LogP contribution in [0.5, 0.6) is 5.75 Å². The summed E-state index contributed by atoms with van der Waals surface area (Å²) >= 11 is 1.31. The number of thioether (sulfide) groups is 1. The highest BCUT2D eigenvalue weighted by atomic mass is 32.2. The lowest BCUT2D eigenvalue weighted by atomic mass is 10.0. The molecule has 0 aliphatic carbocycles. The fourth-order valence-electron chi connectivity index (χ4n) is 3.65. The van der Waals surface area contributed by atoms with E-state index in [0.29, 0.717) is 35.0 Å². The lowest BCUT2D eigenvalue weighted by molar-refractivity contribution is -0.384. The summed E-state index contributed by atoms with van der Waals surface area (Å²) in [6.45, 7) is 12.9. The van der Waals surface area contributed by atoms with Crippen molar-refractivity contribution in [1.82, 2.24) is 14.8 Å². The predicted octanol–water partition coefficient (Wildman–Crippen LogP) is 6.23. The van der Waals surface area contributed by atoms with E-state index in [-0.39, 0.29) is 17.7 Å². The molecule has 9 nitrogen and oxygen atoms in total.